The van der Waals surface area contributed by atoms with Crippen molar-refractivity contribution >= 4 is 110 Å². The lowest BCUT2D eigenvalue weighted by molar-refractivity contribution is -0.123. The third kappa shape index (κ3) is 14.4. The van der Waals surface area contributed by atoms with Crippen LogP contribution in [0.2, 0.25) is 0 Å². The van der Waals surface area contributed by atoms with Gasteiger partial charge in [-0.2, -0.15) is 17.6 Å². The van der Waals surface area contributed by atoms with Crippen LogP contribution in [0, 0.1) is 0 Å². The zero-order valence-electron chi connectivity index (χ0n) is 54.1. The number of carbonyl (C=O) groups is 3. The maximum atomic E-state index is 13.7. The number of hydrogen-bond acceptors (Lipinski definition) is 20. The molecule has 0 bridgehead atoms. The fraction of sp³-hybridized carbons (Fsp3) is 0.338. The quantitative estimate of drug-likeness (QED) is 0.102. The van der Waals surface area contributed by atoms with Crippen LogP contribution in [0.3, 0.4) is 0 Å². The molecule has 6 aliphatic rings. The van der Waals surface area contributed by atoms with Crippen LogP contribution in [-0.4, -0.2) is 201 Å². The number of nitrogens with zero attached hydrogens (tertiary/aromatic N) is 12. The number of nitrogens with one attached hydrogen (secondary N) is 1. The predicted molar refractivity (Wildman–Crippen MR) is 370 cm³/mol. The Morgan fingerprint density at radius 3 is 1.84 bits per heavy atom. The summed E-state index contributed by atoms with van der Waals surface area (Å²) in [6.07, 6.45) is 17.4. The van der Waals surface area contributed by atoms with E-state index in [4.69, 9.17) is 24.5 Å². The smallest absolute Gasteiger partial charge is 0.290 e. The molecule has 0 radical (unpaired) electrons. The minimum absolute atomic E-state index is 0.0467. The Morgan fingerprint density at radius 1 is 0.619 bits per heavy atom. The number of piperidine rings is 1. The molecule has 26 nitrogen and oxygen atoms in total. The van der Waals surface area contributed by atoms with E-state index >= 15 is 0 Å². The Balaban J connectivity index is 0.000000142. The fourth-order valence-corrected chi connectivity index (χ4v) is 17.1. The Kier molecular flexibility index (Phi) is 21.0. The number of likely N-dealkylation sites (N-methyl/N-ethyl adjacent to an activating group) is 3. The molecule has 6 aliphatic heterocycles. The lowest BCUT2D eigenvalue weighted by Gasteiger charge is -2.27. The number of aromatic nitrogens is 7. The normalized spacial score (nSPS) is 17.6. The summed E-state index contributed by atoms with van der Waals surface area (Å²) in [4.78, 5) is 52.8. The molecule has 1 atom stereocenters. The van der Waals surface area contributed by atoms with Crippen LogP contribution in [0.4, 0.5) is 17.1 Å². The van der Waals surface area contributed by atoms with Crippen molar-refractivity contribution in [2.45, 2.75) is 72.2 Å². The maximum Gasteiger partial charge on any atom is 0.290 e. The summed E-state index contributed by atoms with van der Waals surface area (Å²) in [6, 6.07) is 27.6. The van der Waals surface area contributed by atoms with Gasteiger partial charge in [0.2, 0.25) is 5.91 Å². The fourth-order valence-electron chi connectivity index (χ4n) is 13.0. The molecule has 0 spiro atoms. The number of rotatable bonds is 10. The summed E-state index contributed by atoms with van der Waals surface area (Å²) in [5.41, 5.74) is 11.7. The molecule has 29 heteroatoms. The number of aliphatic hydroxyl groups is 1. The van der Waals surface area contributed by atoms with Crippen LogP contribution in [0.5, 0.6) is 5.75 Å². The lowest BCUT2D eigenvalue weighted by Crippen LogP contribution is -2.29. The Morgan fingerprint density at radius 2 is 1.21 bits per heavy atom. The SMILES string of the molecule is CC(=O)N1CCc2cc(S(=O)(=O)n3nc(C4=CCN(C)CC4)c4ncccc43)ccc21.CN1CC=C(c2cn(S(=O)(=O)c3cccc(N4CCC(O)C4)c3)c3cccnc23)CC1.CN1CCOc2cc(S(=O)(=O)n3cc(C4CCNCC4)c4ncccc43)ccc21.O=CO.O=CO. The van der Waals surface area contributed by atoms with Gasteiger partial charge in [-0.05, 0) is 173 Å². The van der Waals surface area contributed by atoms with Gasteiger partial charge >= 0.3 is 0 Å². The number of benzene rings is 3. The average Bonchev–Trinajstić information content (AvgIpc) is 1.64. The second-order valence-corrected chi connectivity index (χ2v) is 29.7. The van der Waals surface area contributed by atoms with Crippen molar-refractivity contribution in [3.8, 4) is 5.75 Å². The number of β-amino-alcohol motifs (C(OH)–C–C–N with tert-alkyl or cyclic N) is 1. The van der Waals surface area contributed by atoms with Gasteiger partial charge in [-0.25, -0.2) is 24.8 Å². The predicted octanol–water partition coefficient (Wildman–Crippen LogP) is 6.83. The van der Waals surface area contributed by atoms with Crippen molar-refractivity contribution in [3.05, 3.63) is 163 Å². The minimum Gasteiger partial charge on any atom is -0.490 e. The monoisotopic (exact) mass is 1380 g/mol. The number of carbonyl (C=O) groups excluding carboxylic acids is 1. The second kappa shape index (κ2) is 29.6. The first kappa shape index (κ1) is 69.0. The summed E-state index contributed by atoms with van der Waals surface area (Å²) < 4.78 is 91.2. The Bertz CT molecular complexity index is 4830. The number of fused-ring (bicyclic) bond motifs is 5. The van der Waals surface area contributed by atoms with E-state index < -0.39 is 30.1 Å². The van der Waals surface area contributed by atoms with Crippen LogP contribution in [0.25, 0.3) is 44.2 Å². The van der Waals surface area contributed by atoms with E-state index in [-0.39, 0.29) is 39.6 Å². The zero-order chi connectivity index (χ0) is 68.8. The highest BCUT2D eigenvalue weighted by Crippen LogP contribution is 2.39. The molecule has 2 fully saturated rings. The number of amides is 1. The molecule has 0 saturated carbocycles. The van der Waals surface area contributed by atoms with Gasteiger partial charge in [-0.1, -0.05) is 18.2 Å². The molecular formula is C68H77N13O13S3. The van der Waals surface area contributed by atoms with Gasteiger partial charge in [0, 0.05) is 119 Å². The van der Waals surface area contributed by atoms with E-state index in [1.165, 1.54) is 14.9 Å². The molecule has 15 rings (SSSR count). The van der Waals surface area contributed by atoms with Gasteiger partial charge in [-0.15, -0.1) is 0 Å². The maximum absolute atomic E-state index is 13.7. The minimum atomic E-state index is -3.93. The molecule has 2 saturated heterocycles. The highest BCUT2D eigenvalue weighted by molar-refractivity contribution is 7.90. The van der Waals surface area contributed by atoms with E-state index in [1.54, 1.807) is 115 Å². The number of pyridine rings is 3. The molecule has 3 aromatic carbocycles. The second-order valence-electron chi connectivity index (χ2n) is 24.3. The molecule has 510 valence electrons. The van der Waals surface area contributed by atoms with Crippen molar-refractivity contribution in [2.24, 2.45) is 0 Å². The van der Waals surface area contributed by atoms with Crippen molar-refractivity contribution in [1.82, 2.24) is 47.2 Å². The molecule has 4 N–H and O–H groups in total. The highest BCUT2D eigenvalue weighted by atomic mass is 32.2. The van der Waals surface area contributed by atoms with Crippen molar-refractivity contribution in [1.29, 1.82) is 0 Å². The van der Waals surface area contributed by atoms with Gasteiger partial charge in [0.05, 0.1) is 55.1 Å². The van der Waals surface area contributed by atoms with Gasteiger partial charge in [0.1, 0.15) is 29.1 Å². The van der Waals surface area contributed by atoms with E-state index in [1.807, 2.05) is 37.2 Å². The van der Waals surface area contributed by atoms with E-state index in [2.05, 4.69) is 59.3 Å². The van der Waals surface area contributed by atoms with Gasteiger partial charge in [0.25, 0.3) is 43.0 Å². The van der Waals surface area contributed by atoms with Crippen LogP contribution in [-0.2, 0) is 50.9 Å². The summed E-state index contributed by atoms with van der Waals surface area (Å²) >= 11 is 0. The summed E-state index contributed by atoms with van der Waals surface area (Å²) in [7, 11) is -5.41. The highest BCUT2D eigenvalue weighted by Gasteiger charge is 2.32. The standard InChI is InChI=1S/C23H26N4O3S.C22H23N5O3S.C21H24N4O3S.2CH2O2/c1-25-11-7-17(8-12-25)21-16-27(22-6-3-10-24-23(21)22)31(29,30)20-5-2-4-18(14-20)26-13-9-19(28)15-26;1-15(28)26-13-9-17-14-18(5-6-19(17)26)31(29,30)27-20-4-3-10-23-22(20)21(24-27)16-7-11-25(2)12-8-16;1-24-11-12-28-20-13-16(4-5-18(20)24)29(26,27)25-14-17(15-6-9-22-10-7-15)21-19(25)3-2-8-23-21;2*2-1-3/h2-7,10,14,16,19,28H,8-9,11-13,15H2,1H3;3-7,10,14H,8-9,11-13H2,1-2H3;2-5,8,13-15,22H,6-7,9-12H2,1H3;2*1H,(H,2,3). The molecule has 6 aromatic heterocycles. The average molecular weight is 1380 g/mol. The van der Waals surface area contributed by atoms with Gasteiger partial charge in [0.15, 0.2) is 0 Å². The van der Waals surface area contributed by atoms with E-state index in [0.29, 0.717) is 84.0 Å². The van der Waals surface area contributed by atoms with Crippen molar-refractivity contribution < 1.29 is 59.7 Å². The number of anilines is 3. The summed E-state index contributed by atoms with van der Waals surface area (Å²) in [5, 5.41) is 31.5. The number of aliphatic hydroxyl groups excluding tert-OH is 1. The van der Waals surface area contributed by atoms with Crippen LogP contribution < -0.4 is 24.8 Å². The number of carboxylic acid groups (broad SMARTS) is 2. The summed E-state index contributed by atoms with van der Waals surface area (Å²) in [6.45, 7) is 9.47. The first-order valence-corrected chi connectivity index (χ1v) is 36.1. The number of hydrogen-bond donors (Lipinski definition) is 4. The Labute approximate surface area is 562 Å². The third-order valence-electron chi connectivity index (χ3n) is 18.1. The first-order valence-electron chi connectivity index (χ1n) is 31.7. The molecular weight excluding hydrogens is 1300 g/mol. The van der Waals surface area contributed by atoms with E-state index in [0.717, 1.165) is 126 Å². The molecule has 0 aliphatic carbocycles. The van der Waals surface area contributed by atoms with Crippen molar-refractivity contribution in [3.63, 3.8) is 0 Å². The van der Waals surface area contributed by atoms with Crippen LogP contribution in [0.15, 0.2) is 155 Å². The molecule has 9 aromatic rings. The largest absolute Gasteiger partial charge is 0.490 e. The summed E-state index contributed by atoms with van der Waals surface area (Å²) in [5.74, 6) is 0.869. The van der Waals surface area contributed by atoms with Crippen molar-refractivity contribution in [2.75, 3.05) is 108 Å². The number of ether oxygens (including phenoxy) is 1. The van der Waals surface area contributed by atoms with E-state index in [9.17, 15) is 35.2 Å². The Hall–Kier alpha value is -9.36. The third-order valence-corrected chi connectivity index (χ3v) is 23.0. The molecule has 1 amide bonds. The first-order chi connectivity index (χ1) is 46.7. The molecule has 12 heterocycles. The zero-order valence-corrected chi connectivity index (χ0v) is 56.6. The van der Waals surface area contributed by atoms with Gasteiger partial charge in [-0.3, -0.25) is 29.3 Å². The van der Waals surface area contributed by atoms with Gasteiger partial charge < -0.3 is 49.9 Å². The van der Waals surface area contributed by atoms with Crippen LogP contribution in [0.1, 0.15) is 67.3 Å². The molecule has 97 heavy (non-hydrogen) atoms. The van der Waals surface area contributed by atoms with Crippen LogP contribution >= 0.6 is 0 Å². The topological polar surface area (TPSA) is 318 Å². The lowest BCUT2D eigenvalue weighted by atomic mass is 9.91. The molecule has 1 unspecified atom stereocenters.